The second kappa shape index (κ2) is 8.50. The van der Waals surface area contributed by atoms with Crippen molar-refractivity contribution in [3.05, 3.63) is 46.4 Å². The minimum absolute atomic E-state index is 0.157. The summed E-state index contributed by atoms with van der Waals surface area (Å²) in [5.74, 6) is -1.85. The van der Waals surface area contributed by atoms with Crippen LogP contribution in [0.4, 0.5) is 18.9 Å². The van der Waals surface area contributed by atoms with Crippen molar-refractivity contribution in [3.8, 4) is 0 Å². The number of halogens is 3. The van der Waals surface area contributed by atoms with E-state index in [2.05, 4.69) is 27.4 Å². The molecule has 0 spiro atoms. The SMILES string of the molecule is Cc1cccc(CN2C[C@H]3CN(c4ccsc4)C(=O)[C@H]3C2)n1.O=C(O)C(F)(F)F. The van der Waals surface area contributed by atoms with Gasteiger partial charge < -0.3 is 10.0 Å². The zero-order chi connectivity index (χ0) is 21.2. The number of anilines is 1. The summed E-state index contributed by atoms with van der Waals surface area (Å²) in [6.07, 6.45) is -5.08. The zero-order valence-corrected chi connectivity index (χ0v) is 16.4. The standard InChI is InChI=1S/C17H19N3OS.C2HF3O2/c1-12-3-2-4-14(18-12)9-19-7-13-8-20(15-5-6-22-11-15)17(21)16(13)10-19;3-2(4,5)1(6)7/h2-6,11,13,16H,7-10H2,1H3;(H,6,7)/t13-,16-;/m0./s1. The number of aromatic nitrogens is 1. The van der Waals surface area contributed by atoms with Gasteiger partial charge >= 0.3 is 12.1 Å². The third kappa shape index (κ3) is 5.13. The number of thiophene rings is 1. The molecule has 2 aromatic heterocycles. The van der Waals surface area contributed by atoms with Crippen LogP contribution in [0, 0.1) is 18.8 Å². The maximum Gasteiger partial charge on any atom is 0.490 e. The smallest absolute Gasteiger partial charge is 0.475 e. The Morgan fingerprint density at radius 2 is 2.00 bits per heavy atom. The molecule has 156 valence electrons. The number of aryl methyl sites for hydroxylation is 1. The van der Waals surface area contributed by atoms with E-state index in [4.69, 9.17) is 9.90 Å². The van der Waals surface area contributed by atoms with E-state index in [1.165, 1.54) is 0 Å². The molecule has 29 heavy (non-hydrogen) atoms. The van der Waals surface area contributed by atoms with Crippen molar-refractivity contribution in [1.29, 1.82) is 0 Å². The van der Waals surface area contributed by atoms with Crippen LogP contribution in [-0.4, -0.2) is 52.7 Å². The first-order valence-corrected chi connectivity index (χ1v) is 9.88. The molecule has 4 heterocycles. The minimum atomic E-state index is -5.08. The molecule has 2 fully saturated rings. The predicted molar refractivity (Wildman–Crippen MR) is 102 cm³/mol. The number of carbonyl (C=O) groups excluding carboxylic acids is 1. The number of amides is 1. The van der Waals surface area contributed by atoms with E-state index < -0.39 is 12.1 Å². The highest BCUT2D eigenvalue weighted by molar-refractivity contribution is 7.08. The van der Waals surface area contributed by atoms with Crippen molar-refractivity contribution >= 4 is 28.9 Å². The van der Waals surface area contributed by atoms with Crippen LogP contribution in [0.5, 0.6) is 0 Å². The molecule has 2 aliphatic rings. The molecule has 0 aliphatic carbocycles. The molecular formula is C19H20F3N3O3S. The second-order valence-electron chi connectivity index (χ2n) is 7.06. The third-order valence-corrected chi connectivity index (χ3v) is 5.58. The molecule has 2 aromatic rings. The molecule has 1 amide bonds. The molecule has 1 N–H and O–H groups in total. The Balaban J connectivity index is 0.000000298. The summed E-state index contributed by atoms with van der Waals surface area (Å²) < 4.78 is 31.7. The first-order valence-electron chi connectivity index (χ1n) is 8.93. The fraction of sp³-hybridized carbons (Fsp3) is 0.421. The summed E-state index contributed by atoms with van der Waals surface area (Å²) in [5, 5.41) is 11.2. The summed E-state index contributed by atoms with van der Waals surface area (Å²) in [4.78, 5) is 30.4. The van der Waals surface area contributed by atoms with Gasteiger partial charge in [-0.1, -0.05) is 6.07 Å². The molecule has 0 bridgehead atoms. The van der Waals surface area contributed by atoms with Gasteiger partial charge in [0.05, 0.1) is 17.3 Å². The third-order valence-electron chi connectivity index (χ3n) is 4.91. The highest BCUT2D eigenvalue weighted by Gasteiger charge is 2.46. The van der Waals surface area contributed by atoms with E-state index in [0.717, 1.165) is 43.3 Å². The number of pyridine rings is 1. The number of carboxylic acids is 1. The van der Waals surface area contributed by atoms with Crippen molar-refractivity contribution in [2.45, 2.75) is 19.6 Å². The number of hydrogen-bond donors (Lipinski definition) is 1. The number of aliphatic carboxylic acids is 1. The Bertz CT molecular complexity index is 873. The van der Waals surface area contributed by atoms with Crippen LogP contribution >= 0.6 is 11.3 Å². The van der Waals surface area contributed by atoms with E-state index in [1.807, 2.05) is 29.3 Å². The van der Waals surface area contributed by atoms with E-state index >= 15 is 0 Å². The number of fused-ring (bicyclic) bond motifs is 1. The summed E-state index contributed by atoms with van der Waals surface area (Å²) >= 11 is 1.65. The molecule has 2 aliphatic heterocycles. The van der Waals surface area contributed by atoms with Gasteiger partial charge in [-0.2, -0.15) is 24.5 Å². The van der Waals surface area contributed by atoms with Crippen molar-refractivity contribution in [3.63, 3.8) is 0 Å². The van der Waals surface area contributed by atoms with Crippen LogP contribution in [-0.2, 0) is 16.1 Å². The number of hydrogen-bond acceptors (Lipinski definition) is 5. The summed E-state index contributed by atoms with van der Waals surface area (Å²) in [5.41, 5.74) is 3.22. The molecule has 0 aromatic carbocycles. The van der Waals surface area contributed by atoms with Crippen LogP contribution in [0.15, 0.2) is 35.0 Å². The van der Waals surface area contributed by atoms with Gasteiger partial charge in [0.2, 0.25) is 5.91 Å². The first-order chi connectivity index (χ1) is 13.6. The predicted octanol–water partition coefficient (Wildman–Crippen LogP) is 3.18. The van der Waals surface area contributed by atoms with Gasteiger partial charge in [0, 0.05) is 43.2 Å². The average Bonchev–Trinajstić information content (AvgIpc) is 3.33. The van der Waals surface area contributed by atoms with Crippen molar-refractivity contribution < 1.29 is 27.9 Å². The molecule has 2 saturated heterocycles. The highest BCUT2D eigenvalue weighted by Crippen LogP contribution is 2.36. The molecule has 6 nitrogen and oxygen atoms in total. The lowest BCUT2D eigenvalue weighted by atomic mass is 10.0. The number of rotatable bonds is 3. The van der Waals surface area contributed by atoms with Gasteiger partial charge in [-0.15, -0.1) is 0 Å². The van der Waals surface area contributed by atoms with Gasteiger partial charge in [-0.3, -0.25) is 14.7 Å². The molecule has 2 atom stereocenters. The Kier molecular flexibility index (Phi) is 6.23. The minimum Gasteiger partial charge on any atom is -0.475 e. The van der Waals surface area contributed by atoms with Crippen LogP contribution in [0.1, 0.15) is 11.4 Å². The summed E-state index contributed by atoms with van der Waals surface area (Å²) in [6, 6.07) is 8.18. The molecule has 0 radical (unpaired) electrons. The number of likely N-dealkylation sites (tertiary alicyclic amines) is 1. The van der Waals surface area contributed by atoms with Crippen LogP contribution < -0.4 is 4.90 Å². The Labute approximate surface area is 169 Å². The maximum atomic E-state index is 12.6. The maximum absolute atomic E-state index is 12.6. The molecule has 10 heteroatoms. The van der Waals surface area contributed by atoms with E-state index in [0.29, 0.717) is 11.8 Å². The fourth-order valence-electron chi connectivity index (χ4n) is 3.64. The Hall–Kier alpha value is -2.46. The lowest BCUT2D eigenvalue weighted by molar-refractivity contribution is -0.192. The van der Waals surface area contributed by atoms with Gasteiger partial charge in [-0.05, 0) is 30.5 Å². The van der Waals surface area contributed by atoms with E-state index in [9.17, 15) is 18.0 Å². The van der Waals surface area contributed by atoms with Crippen molar-refractivity contribution in [2.75, 3.05) is 24.5 Å². The Morgan fingerprint density at radius 3 is 2.55 bits per heavy atom. The topological polar surface area (TPSA) is 73.7 Å². The second-order valence-corrected chi connectivity index (χ2v) is 7.84. The lowest BCUT2D eigenvalue weighted by Gasteiger charge is -2.20. The van der Waals surface area contributed by atoms with Gasteiger partial charge in [0.15, 0.2) is 0 Å². The monoisotopic (exact) mass is 427 g/mol. The lowest BCUT2D eigenvalue weighted by Crippen LogP contribution is -2.32. The highest BCUT2D eigenvalue weighted by atomic mass is 32.1. The van der Waals surface area contributed by atoms with Crippen molar-refractivity contribution in [1.82, 2.24) is 9.88 Å². The van der Waals surface area contributed by atoms with Gasteiger partial charge in [-0.25, -0.2) is 4.79 Å². The number of carboxylic acid groups (broad SMARTS) is 1. The van der Waals surface area contributed by atoms with E-state index in [1.54, 1.807) is 11.3 Å². The molecule has 0 saturated carbocycles. The quantitative estimate of drug-likeness (QED) is 0.815. The van der Waals surface area contributed by atoms with Crippen LogP contribution in [0.2, 0.25) is 0 Å². The Morgan fingerprint density at radius 1 is 1.28 bits per heavy atom. The summed E-state index contributed by atoms with van der Waals surface area (Å²) in [6.45, 7) is 5.58. The molecular weight excluding hydrogens is 407 g/mol. The largest absolute Gasteiger partial charge is 0.490 e. The number of alkyl halides is 3. The number of carbonyl (C=O) groups is 2. The summed E-state index contributed by atoms with van der Waals surface area (Å²) in [7, 11) is 0. The van der Waals surface area contributed by atoms with Crippen LogP contribution in [0.25, 0.3) is 0 Å². The van der Waals surface area contributed by atoms with E-state index in [-0.39, 0.29) is 5.92 Å². The zero-order valence-electron chi connectivity index (χ0n) is 15.6. The number of nitrogens with zero attached hydrogens (tertiary/aromatic N) is 3. The average molecular weight is 427 g/mol. The molecule has 4 rings (SSSR count). The van der Waals surface area contributed by atoms with Gasteiger partial charge in [0.1, 0.15) is 0 Å². The fourth-order valence-corrected chi connectivity index (χ4v) is 4.28. The molecule has 0 unspecified atom stereocenters. The van der Waals surface area contributed by atoms with Gasteiger partial charge in [0.25, 0.3) is 0 Å². The first kappa shape index (κ1) is 21.3. The van der Waals surface area contributed by atoms with Crippen molar-refractivity contribution in [2.24, 2.45) is 11.8 Å². The normalized spacial score (nSPS) is 21.7. The van der Waals surface area contributed by atoms with Crippen LogP contribution in [0.3, 0.4) is 0 Å².